The van der Waals surface area contributed by atoms with E-state index in [1.807, 2.05) is 12.1 Å². The molecule has 0 fully saturated rings. The second kappa shape index (κ2) is 7.36. The molecule has 0 spiro atoms. The standard InChI is InChI=1S/C19H24N2O2S/c1-2-12-20-17-10-8-16-14-18(11-9-15(16)13-17)21-24(22,23)19-6-4-3-5-7-19/h3-7,9,11,14,17,20-21H,2,8,10,12-13H2,1H3/t17-/m1/s1. The van der Waals surface area contributed by atoms with Gasteiger partial charge in [-0.15, -0.1) is 0 Å². The smallest absolute Gasteiger partial charge is 0.261 e. The van der Waals surface area contributed by atoms with Gasteiger partial charge in [0.05, 0.1) is 4.90 Å². The van der Waals surface area contributed by atoms with Crippen LogP contribution in [0.2, 0.25) is 0 Å². The number of nitrogens with one attached hydrogen (secondary N) is 2. The lowest BCUT2D eigenvalue weighted by atomic mass is 9.88. The van der Waals surface area contributed by atoms with Crippen LogP contribution in [-0.2, 0) is 22.9 Å². The first-order valence-electron chi connectivity index (χ1n) is 8.51. The summed E-state index contributed by atoms with van der Waals surface area (Å²) in [5.41, 5.74) is 3.20. The summed E-state index contributed by atoms with van der Waals surface area (Å²) < 4.78 is 27.5. The van der Waals surface area contributed by atoms with Crippen LogP contribution < -0.4 is 10.0 Å². The van der Waals surface area contributed by atoms with E-state index < -0.39 is 10.0 Å². The molecule has 0 unspecified atom stereocenters. The van der Waals surface area contributed by atoms with E-state index in [4.69, 9.17) is 0 Å². The third kappa shape index (κ3) is 3.97. The molecule has 1 aliphatic carbocycles. The van der Waals surface area contributed by atoms with Crippen molar-refractivity contribution in [1.82, 2.24) is 5.32 Å². The molecule has 0 amide bonds. The van der Waals surface area contributed by atoms with Crippen molar-refractivity contribution < 1.29 is 8.42 Å². The summed E-state index contributed by atoms with van der Waals surface area (Å²) in [6.45, 7) is 3.23. The van der Waals surface area contributed by atoms with Gasteiger partial charge in [0.25, 0.3) is 10.0 Å². The normalized spacial score (nSPS) is 17.3. The van der Waals surface area contributed by atoms with Crippen LogP contribution in [0.15, 0.2) is 53.4 Å². The van der Waals surface area contributed by atoms with Gasteiger partial charge in [-0.3, -0.25) is 4.72 Å². The van der Waals surface area contributed by atoms with Crippen LogP contribution in [0.25, 0.3) is 0 Å². The number of anilines is 1. The highest BCUT2D eigenvalue weighted by atomic mass is 32.2. The van der Waals surface area contributed by atoms with Gasteiger partial charge in [-0.1, -0.05) is 31.2 Å². The van der Waals surface area contributed by atoms with Crippen molar-refractivity contribution in [3.8, 4) is 0 Å². The average molecular weight is 344 g/mol. The minimum absolute atomic E-state index is 0.284. The molecular weight excluding hydrogens is 320 g/mol. The summed E-state index contributed by atoms with van der Waals surface area (Å²) in [5.74, 6) is 0. The Hall–Kier alpha value is -1.85. The summed E-state index contributed by atoms with van der Waals surface area (Å²) in [6, 6.07) is 14.9. The van der Waals surface area contributed by atoms with Crippen LogP contribution in [0.3, 0.4) is 0 Å². The number of hydrogen-bond donors (Lipinski definition) is 2. The highest BCUT2D eigenvalue weighted by Gasteiger charge is 2.19. The van der Waals surface area contributed by atoms with Gasteiger partial charge in [-0.05, 0) is 67.6 Å². The lowest BCUT2D eigenvalue weighted by Gasteiger charge is -2.26. The molecule has 128 valence electrons. The molecule has 2 aromatic carbocycles. The molecule has 0 aliphatic heterocycles. The molecular formula is C19H24N2O2S. The van der Waals surface area contributed by atoms with Crippen molar-refractivity contribution in [3.05, 3.63) is 59.7 Å². The highest BCUT2D eigenvalue weighted by molar-refractivity contribution is 7.92. The summed E-state index contributed by atoms with van der Waals surface area (Å²) in [4.78, 5) is 0.284. The maximum Gasteiger partial charge on any atom is 0.261 e. The number of sulfonamides is 1. The Balaban J connectivity index is 1.74. The molecule has 0 aromatic heterocycles. The topological polar surface area (TPSA) is 58.2 Å². The van der Waals surface area contributed by atoms with E-state index in [1.165, 1.54) is 11.1 Å². The van der Waals surface area contributed by atoms with Crippen LogP contribution in [-0.4, -0.2) is 21.0 Å². The molecule has 4 nitrogen and oxygen atoms in total. The first kappa shape index (κ1) is 17.0. The minimum Gasteiger partial charge on any atom is -0.314 e. The third-order valence-corrected chi connectivity index (χ3v) is 5.82. The largest absolute Gasteiger partial charge is 0.314 e. The quantitative estimate of drug-likeness (QED) is 0.845. The van der Waals surface area contributed by atoms with Crippen molar-refractivity contribution in [2.75, 3.05) is 11.3 Å². The van der Waals surface area contributed by atoms with Gasteiger partial charge in [0.2, 0.25) is 0 Å². The number of rotatable bonds is 6. The van der Waals surface area contributed by atoms with Gasteiger partial charge in [0.1, 0.15) is 0 Å². The van der Waals surface area contributed by atoms with Crippen LogP contribution in [0.4, 0.5) is 5.69 Å². The lowest BCUT2D eigenvalue weighted by Crippen LogP contribution is -2.35. The zero-order valence-electron chi connectivity index (χ0n) is 14.0. The fourth-order valence-electron chi connectivity index (χ4n) is 3.15. The predicted octanol–water partition coefficient (Wildman–Crippen LogP) is 3.34. The molecule has 5 heteroatoms. The second-order valence-corrected chi connectivity index (χ2v) is 7.98. The lowest BCUT2D eigenvalue weighted by molar-refractivity contribution is 0.459. The maximum absolute atomic E-state index is 12.4. The van der Waals surface area contributed by atoms with Crippen molar-refractivity contribution in [3.63, 3.8) is 0 Å². The monoisotopic (exact) mass is 344 g/mol. The van der Waals surface area contributed by atoms with Gasteiger partial charge < -0.3 is 5.32 Å². The number of aryl methyl sites for hydroxylation is 1. The molecule has 2 aromatic rings. The van der Waals surface area contributed by atoms with Crippen LogP contribution in [0.5, 0.6) is 0 Å². The van der Waals surface area contributed by atoms with E-state index in [-0.39, 0.29) is 4.90 Å². The average Bonchev–Trinajstić information content (AvgIpc) is 2.60. The Bertz CT molecular complexity index is 788. The van der Waals surface area contributed by atoms with E-state index >= 15 is 0 Å². The Morgan fingerprint density at radius 1 is 1.08 bits per heavy atom. The fourth-order valence-corrected chi connectivity index (χ4v) is 4.23. The number of hydrogen-bond acceptors (Lipinski definition) is 3. The number of benzene rings is 2. The highest BCUT2D eigenvalue weighted by Crippen LogP contribution is 2.26. The summed E-state index contributed by atoms with van der Waals surface area (Å²) >= 11 is 0. The Labute approximate surface area is 144 Å². The van der Waals surface area contributed by atoms with Gasteiger partial charge in [0, 0.05) is 11.7 Å². The Kier molecular flexibility index (Phi) is 5.21. The van der Waals surface area contributed by atoms with E-state index in [1.54, 1.807) is 30.3 Å². The number of fused-ring (bicyclic) bond motifs is 1. The van der Waals surface area contributed by atoms with E-state index in [9.17, 15) is 8.42 Å². The van der Waals surface area contributed by atoms with Crippen molar-refractivity contribution in [2.24, 2.45) is 0 Å². The minimum atomic E-state index is -3.52. The van der Waals surface area contributed by atoms with Crippen molar-refractivity contribution in [2.45, 2.75) is 43.5 Å². The predicted molar refractivity (Wildman–Crippen MR) is 97.8 cm³/mol. The summed E-state index contributed by atoms with van der Waals surface area (Å²) in [5, 5.41) is 3.57. The van der Waals surface area contributed by atoms with E-state index in [2.05, 4.69) is 23.0 Å². The first-order valence-corrected chi connectivity index (χ1v) is 10.00. The molecule has 0 saturated carbocycles. The van der Waals surface area contributed by atoms with Crippen molar-refractivity contribution >= 4 is 15.7 Å². The fraction of sp³-hybridized carbons (Fsp3) is 0.368. The van der Waals surface area contributed by atoms with Crippen LogP contribution >= 0.6 is 0 Å². The van der Waals surface area contributed by atoms with Gasteiger partial charge in [-0.2, -0.15) is 0 Å². The molecule has 1 atom stereocenters. The SMILES string of the molecule is CCCN[C@@H]1CCc2cc(NS(=O)(=O)c3ccccc3)ccc2C1. The molecule has 24 heavy (non-hydrogen) atoms. The Morgan fingerprint density at radius 3 is 2.62 bits per heavy atom. The van der Waals surface area contributed by atoms with Crippen molar-refractivity contribution in [1.29, 1.82) is 0 Å². The van der Waals surface area contributed by atoms with Gasteiger partial charge in [-0.25, -0.2) is 8.42 Å². The van der Waals surface area contributed by atoms with E-state index in [0.717, 1.165) is 32.2 Å². The molecule has 0 heterocycles. The Morgan fingerprint density at radius 2 is 1.88 bits per heavy atom. The molecule has 3 rings (SSSR count). The van der Waals surface area contributed by atoms with E-state index in [0.29, 0.717) is 11.7 Å². The second-order valence-electron chi connectivity index (χ2n) is 6.30. The zero-order chi connectivity index (χ0) is 17.0. The summed E-state index contributed by atoms with van der Waals surface area (Å²) in [6.07, 6.45) is 4.24. The van der Waals surface area contributed by atoms with Gasteiger partial charge >= 0.3 is 0 Å². The summed E-state index contributed by atoms with van der Waals surface area (Å²) in [7, 11) is -3.52. The van der Waals surface area contributed by atoms with Gasteiger partial charge in [0.15, 0.2) is 0 Å². The van der Waals surface area contributed by atoms with Crippen LogP contribution in [0.1, 0.15) is 30.9 Å². The maximum atomic E-state index is 12.4. The molecule has 0 bridgehead atoms. The molecule has 0 radical (unpaired) electrons. The third-order valence-electron chi connectivity index (χ3n) is 4.42. The molecule has 0 saturated heterocycles. The van der Waals surface area contributed by atoms with Crippen LogP contribution in [0, 0.1) is 0 Å². The molecule has 1 aliphatic rings. The first-order chi connectivity index (χ1) is 11.6. The molecule has 2 N–H and O–H groups in total. The zero-order valence-corrected chi connectivity index (χ0v) is 14.8.